The number of nitrogens with zero attached hydrogens (tertiary/aromatic N) is 5. The van der Waals surface area contributed by atoms with Crippen LogP contribution in [0.3, 0.4) is 0 Å². The molecule has 6 nitrogen and oxygen atoms in total. The molecule has 122 valence electrons. The minimum Gasteiger partial charge on any atom is -0.339 e. The fraction of sp³-hybridized carbons (Fsp3) is 0.688. The van der Waals surface area contributed by atoms with E-state index in [4.69, 9.17) is 0 Å². The topological polar surface area (TPSA) is 52.6 Å². The number of piperazine rings is 1. The lowest BCUT2D eigenvalue weighted by atomic mass is 10.2. The molecule has 1 amide bonds. The third-order valence-corrected chi connectivity index (χ3v) is 4.49. The van der Waals surface area contributed by atoms with Crippen molar-refractivity contribution in [1.29, 1.82) is 0 Å². The number of carbonyl (C=O) groups is 1. The number of aromatic nitrogens is 2. The summed E-state index contributed by atoms with van der Waals surface area (Å²) in [5.74, 6) is 0.234. The zero-order chi connectivity index (χ0) is 15.9. The number of amides is 1. The Balaban J connectivity index is 1.79. The van der Waals surface area contributed by atoms with Crippen molar-refractivity contribution in [2.24, 2.45) is 0 Å². The normalized spacial score (nSPS) is 17.7. The van der Waals surface area contributed by atoms with E-state index in [1.54, 1.807) is 18.6 Å². The molecule has 1 saturated heterocycles. The number of rotatable bonds is 6. The molecule has 1 aromatic heterocycles. The molecule has 0 spiro atoms. The quantitative estimate of drug-likeness (QED) is 0.766. The van der Waals surface area contributed by atoms with Crippen molar-refractivity contribution in [3.63, 3.8) is 0 Å². The van der Waals surface area contributed by atoms with Gasteiger partial charge in [-0.15, -0.1) is 0 Å². The number of hydrogen-bond acceptors (Lipinski definition) is 5. The van der Waals surface area contributed by atoms with Crippen molar-refractivity contribution >= 4 is 5.91 Å². The van der Waals surface area contributed by atoms with Gasteiger partial charge in [0, 0.05) is 57.7 Å². The molecule has 0 aliphatic carbocycles. The van der Waals surface area contributed by atoms with Crippen LogP contribution in [-0.2, 0) is 11.2 Å². The highest BCUT2D eigenvalue weighted by atomic mass is 16.2. The maximum Gasteiger partial charge on any atom is 0.239 e. The number of carbonyl (C=O) groups excluding carboxylic acids is 1. The van der Waals surface area contributed by atoms with Gasteiger partial charge in [0.25, 0.3) is 0 Å². The third kappa shape index (κ3) is 4.48. The van der Waals surface area contributed by atoms with Gasteiger partial charge < -0.3 is 9.80 Å². The molecule has 1 aliphatic rings. The van der Waals surface area contributed by atoms with Gasteiger partial charge in [-0.25, -0.2) is 0 Å². The molecule has 2 heterocycles. The molecule has 1 fully saturated rings. The van der Waals surface area contributed by atoms with E-state index >= 15 is 0 Å². The molecule has 0 saturated carbocycles. The van der Waals surface area contributed by atoms with Crippen molar-refractivity contribution < 1.29 is 4.79 Å². The van der Waals surface area contributed by atoms with Crippen LogP contribution in [0.2, 0.25) is 0 Å². The minimum absolute atomic E-state index is 0.0927. The number of hydrogen-bond donors (Lipinski definition) is 0. The van der Waals surface area contributed by atoms with E-state index in [0.29, 0.717) is 0 Å². The van der Waals surface area contributed by atoms with Gasteiger partial charge in [0.15, 0.2) is 0 Å². The Bertz CT molecular complexity index is 459. The van der Waals surface area contributed by atoms with Crippen LogP contribution >= 0.6 is 0 Å². The summed E-state index contributed by atoms with van der Waals surface area (Å²) in [6.07, 6.45) is 5.97. The molecule has 0 N–H and O–H groups in total. The van der Waals surface area contributed by atoms with Crippen LogP contribution in [0.5, 0.6) is 0 Å². The van der Waals surface area contributed by atoms with Crippen LogP contribution in [0.25, 0.3) is 0 Å². The Labute approximate surface area is 133 Å². The smallest absolute Gasteiger partial charge is 0.239 e. The van der Waals surface area contributed by atoms with E-state index in [1.807, 2.05) is 18.9 Å². The van der Waals surface area contributed by atoms with Crippen molar-refractivity contribution in [1.82, 2.24) is 24.7 Å². The van der Waals surface area contributed by atoms with E-state index in [-0.39, 0.29) is 11.9 Å². The fourth-order valence-electron chi connectivity index (χ4n) is 2.68. The summed E-state index contributed by atoms with van der Waals surface area (Å²) in [4.78, 5) is 27.4. The highest BCUT2D eigenvalue weighted by Gasteiger charge is 2.26. The second-order valence-corrected chi connectivity index (χ2v) is 5.86. The Morgan fingerprint density at radius 3 is 2.64 bits per heavy atom. The van der Waals surface area contributed by atoms with Crippen LogP contribution in [0.4, 0.5) is 0 Å². The summed E-state index contributed by atoms with van der Waals surface area (Å²) < 4.78 is 0. The molecular formula is C16H27N5O. The highest BCUT2D eigenvalue weighted by molar-refractivity contribution is 5.81. The maximum absolute atomic E-state index is 12.6. The molecule has 1 aliphatic heterocycles. The predicted molar refractivity (Wildman–Crippen MR) is 86.5 cm³/mol. The van der Waals surface area contributed by atoms with Gasteiger partial charge in [-0.2, -0.15) is 0 Å². The monoisotopic (exact) mass is 305 g/mol. The van der Waals surface area contributed by atoms with Gasteiger partial charge in [0.05, 0.1) is 11.7 Å². The molecule has 0 radical (unpaired) electrons. The van der Waals surface area contributed by atoms with Gasteiger partial charge in [-0.3, -0.25) is 19.7 Å². The lowest BCUT2D eigenvalue weighted by molar-refractivity contribution is -0.137. The molecular weight excluding hydrogens is 278 g/mol. The first-order valence-electron chi connectivity index (χ1n) is 8.08. The average molecular weight is 305 g/mol. The average Bonchev–Trinajstić information content (AvgIpc) is 2.59. The first-order valence-corrected chi connectivity index (χ1v) is 8.08. The van der Waals surface area contributed by atoms with Crippen LogP contribution in [0.1, 0.15) is 19.5 Å². The molecule has 0 bridgehead atoms. The van der Waals surface area contributed by atoms with Gasteiger partial charge >= 0.3 is 0 Å². The third-order valence-electron chi connectivity index (χ3n) is 4.49. The highest BCUT2D eigenvalue weighted by Crippen LogP contribution is 2.07. The van der Waals surface area contributed by atoms with E-state index in [9.17, 15) is 4.79 Å². The number of likely N-dealkylation sites (N-methyl/N-ethyl adjacent to an activating group) is 2. The summed E-state index contributed by atoms with van der Waals surface area (Å²) in [5.41, 5.74) is 0.963. The Kier molecular flexibility index (Phi) is 6.27. The first kappa shape index (κ1) is 16.8. The zero-order valence-electron chi connectivity index (χ0n) is 13.9. The van der Waals surface area contributed by atoms with E-state index in [2.05, 4.69) is 26.7 Å². The van der Waals surface area contributed by atoms with Crippen molar-refractivity contribution in [3.8, 4) is 0 Å². The predicted octanol–water partition coefficient (Wildman–Crippen LogP) is 0.504. The van der Waals surface area contributed by atoms with Crippen molar-refractivity contribution in [2.45, 2.75) is 26.3 Å². The minimum atomic E-state index is -0.0927. The van der Waals surface area contributed by atoms with E-state index in [0.717, 1.165) is 51.4 Å². The van der Waals surface area contributed by atoms with Crippen LogP contribution in [-0.4, -0.2) is 82.9 Å². The Morgan fingerprint density at radius 1 is 1.32 bits per heavy atom. The van der Waals surface area contributed by atoms with Gasteiger partial charge in [0.1, 0.15) is 0 Å². The summed E-state index contributed by atoms with van der Waals surface area (Å²) in [7, 11) is 2.00. The van der Waals surface area contributed by atoms with Crippen LogP contribution in [0, 0.1) is 0 Å². The lowest BCUT2D eigenvalue weighted by Crippen LogP contribution is -2.53. The molecule has 22 heavy (non-hydrogen) atoms. The summed E-state index contributed by atoms with van der Waals surface area (Å²) in [6.45, 7) is 9.68. The van der Waals surface area contributed by atoms with Gasteiger partial charge in [-0.1, -0.05) is 6.92 Å². The standard InChI is InChI=1S/C16H27N5O/c1-4-20-9-11-21(12-10-20)16(22)14(2)19(3)8-5-15-13-17-6-7-18-15/h6-7,13-14H,4-5,8-12H2,1-3H3. The Morgan fingerprint density at radius 2 is 2.05 bits per heavy atom. The van der Waals surface area contributed by atoms with Crippen LogP contribution < -0.4 is 0 Å². The molecule has 2 rings (SSSR count). The lowest BCUT2D eigenvalue weighted by Gasteiger charge is -2.37. The molecule has 6 heteroatoms. The van der Waals surface area contributed by atoms with E-state index < -0.39 is 0 Å². The SMILES string of the molecule is CCN1CCN(C(=O)C(C)N(C)CCc2cnccn2)CC1. The summed E-state index contributed by atoms with van der Waals surface area (Å²) in [6, 6.07) is -0.0927. The second kappa shape index (κ2) is 8.19. The van der Waals surface area contributed by atoms with Gasteiger partial charge in [0.2, 0.25) is 5.91 Å². The van der Waals surface area contributed by atoms with Crippen molar-refractivity contribution in [3.05, 3.63) is 24.3 Å². The summed E-state index contributed by atoms with van der Waals surface area (Å²) >= 11 is 0. The molecule has 1 atom stereocenters. The molecule has 1 unspecified atom stereocenters. The van der Waals surface area contributed by atoms with E-state index in [1.165, 1.54) is 0 Å². The van der Waals surface area contributed by atoms with Crippen LogP contribution in [0.15, 0.2) is 18.6 Å². The molecule has 0 aromatic carbocycles. The zero-order valence-corrected chi connectivity index (χ0v) is 13.9. The molecule has 1 aromatic rings. The summed E-state index contributed by atoms with van der Waals surface area (Å²) in [5, 5.41) is 0. The first-order chi connectivity index (χ1) is 10.6. The second-order valence-electron chi connectivity index (χ2n) is 5.86. The Hall–Kier alpha value is -1.53. The largest absolute Gasteiger partial charge is 0.339 e. The van der Waals surface area contributed by atoms with Crippen molar-refractivity contribution in [2.75, 3.05) is 46.3 Å². The fourth-order valence-corrected chi connectivity index (χ4v) is 2.68. The van der Waals surface area contributed by atoms with Gasteiger partial charge in [-0.05, 0) is 20.5 Å². The maximum atomic E-state index is 12.6.